The van der Waals surface area contributed by atoms with Crippen LogP contribution in [-0.2, 0) is 19.6 Å². The molecule has 2 saturated heterocycles. The topological polar surface area (TPSA) is 75.7 Å². The van der Waals surface area contributed by atoms with Crippen molar-refractivity contribution in [3.63, 3.8) is 0 Å². The first-order valence-electron chi connectivity index (χ1n) is 10.6. The third-order valence-electron chi connectivity index (χ3n) is 6.61. The van der Waals surface area contributed by atoms with Gasteiger partial charge in [0.25, 0.3) is 0 Å². The van der Waals surface area contributed by atoms with Gasteiger partial charge < -0.3 is 10.1 Å². The predicted octanol–water partition coefficient (Wildman–Crippen LogP) is 3.00. The van der Waals surface area contributed by atoms with Crippen molar-refractivity contribution in [3.05, 3.63) is 28.3 Å². The average molecular weight is 423 g/mol. The van der Waals surface area contributed by atoms with Gasteiger partial charge in [-0.25, -0.2) is 8.42 Å². The molecule has 1 aromatic carbocycles. The summed E-state index contributed by atoms with van der Waals surface area (Å²) < 4.78 is 33.9. The highest BCUT2D eigenvalue weighted by Crippen LogP contribution is 2.31. The highest BCUT2D eigenvalue weighted by Gasteiger charge is 2.35. The minimum Gasteiger partial charge on any atom is -0.376 e. The molecule has 7 heteroatoms. The molecule has 2 aliphatic rings. The number of piperidine rings is 1. The van der Waals surface area contributed by atoms with E-state index in [2.05, 4.69) is 5.32 Å². The second-order valence-electron chi connectivity index (χ2n) is 8.62. The van der Waals surface area contributed by atoms with Crippen LogP contribution in [0, 0.1) is 33.6 Å². The summed E-state index contributed by atoms with van der Waals surface area (Å²) in [7, 11) is -3.57. The van der Waals surface area contributed by atoms with Crippen LogP contribution in [0.2, 0.25) is 0 Å². The van der Waals surface area contributed by atoms with Gasteiger partial charge in [-0.2, -0.15) is 4.31 Å². The minimum absolute atomic E-state index is 0.00710. The molecule has 3 rings (SSSR count). The van der Waals surface area contributed by atoms with E-state index in [9.17, 15) is 13.2 Å². The summed E-state index contributed by atoms with van der Waals surface area (Å²) in [6.45, 7) is 11.2. The Morgan fingerprint density at radius 2 is 1.69 bits per heavy atom. The number of nitrogens with zero attached hydrogens (tertiary/aromatic N) is 1. The molecule has 2 atom stereocenters. The monoisotopic (exact) mass is 422 g/mol. The molecule has 2 aliphatic heterocycles. The third kappa shape index (κ3) is 4.52. The number of carbonyl (C=O) groups excluding carboxylic acids is 1. The molecule has 2 heterocycles. The van der Waals surface area contributed by atoms with Crippen LogP contribution in [0.15, 0.2) is 11.0 Å². The van der Waals surface area contributed by atoms with Crippen molar-refractivity contribution in [1.82, 2.24) is 9.62 Å². The highest BCUT2D eigenvalue weighted by atomic mass is 32.2. The van der Waals surface area contributed by atoms with Crippen molar-refractivity contribution in [2.75, 3.05) is 19.7 Å². The molecule has 162 valence electrons. The zero-order chi connectivity index (χ0) is 21.3. The number of aryl methyl sites for hydroxylation is 2. The van der Waals surface area contributed by atoms with Crippen LogP contribution in [0.1, 0.15) is 54.9 Å². The maximum absolute atomic E-state index is 13.4. The Hall–Kier alpha value is -1.44. The summed E-state index contributed by atoms with van der Waals surface area (Å²) in [5.41, 5.74) is 3.62. The van der Waals surface area contributed by atoms with Crippen LogP contribution in [0.3, 0.4) is 0 Å². The fraction of sp³-hybridized carbons (Fsp3) is 0.682. The van der Waals surface area contributed by atoms with E-state index in [1.54, 1.807) is 4.31 Å². The Bertz CT molecular complexity index is 841. The minimum atomic E-state index is -3.57. The molecule has 2 fully saturated rings. The number of ether oxygens (including phenoxy) is 1. The number of rotatable bonds is 5. The highest BCUT2D eigenvalue weighted by molar-refractivity contribution is 7.89. The molecule has 0 spiro atoms. The number of sulfonamides is 1. The van der Waals surface area contributed by atoms with Gasteiger partial charge >= 0.3 is 0 Å². The zero-order valence-corrected chi connectivity index (χ0v) is 19.1. The second-order valence-corrected chi connectivity index (χ2v) is 10.5. The molecule has 0 saturated carbocycles. The number of nitrogens with one attached hydrogen (secondary N) is 1. The van der Waals surface area contributed by atoms with Crippen molar-refractivity contribution in [1.29, 1.82) is 0 Å². The van der Waals surface area contributed by atoms with E-state index in [0.29, 0.717) is 30.8 Å². The fourth-order valence-corrected chi connectivity index (χ4v) is 6.53. The van der Waals surface area contributed by atoms with E-state index in [0.717, 1.165) is 41.7 Å². The van der Waals surface area contributed by atoms with Crippen molar-refractivity contribution in [3.8, 4) is 0 Å². The van der Waals surface area contributed by atoms with Gasteiger partial charge in [0.1, 0.15) is 0 Å². The van der Waals surface area contributed by atoms with Crippen LogP contribution in [0.4, 0.5) is 0 Å². The summed E-state index contributed by atoms with van der Waals surface area (Å²) in [4.78, 5) is 13.1. The molecule has 29 heavy (non-hydrogen) atoms. The Morgan fingerprint density at radius 3 is 2.21 bits per heavy atom. The first-order valence-corrected chi connectivity index (χ1v) is 12.1. The summed E-state index contributed by atoms with van der Waals surface area (Å²) >= 11 is 0. The Morgan fingerprint density at radius 1 is 1.10 bits per heavy atom. The quantitative estimate of drug-likeness (QED) is 0.791. The van der Waals surface area contributed by atoms with Crippen LogP contribution in [0.25, 0.3) is 0 Å². The van der Waals surface area contributed by atoms with Gasteiger partial charge in [-0.3, -0.25) is 4.79 Å². The normalized spacial score (nSPS) is 22.6. The van der Waals surface area contributed by atoms with Crippen LogP contribution >= 0.6 is 0 Å². The molecule has 2 unspecified atom stereocenters. The maximum Gasteiger partial charge on any atom is 0.243 e. The molecular formula is C22H34N2O4S. The summed E-state index contributed by atoms with van der Waals surface area (Å²) in [5, 5.41) is 3.08. The number of amides is 1. The van der Waals surface area contributed by atoms with E-state index in [1.165, 1.54) is 0 Å². The van der Waals surface area contributed by atoms with E-state index in [4.69, 9.17) is 4.74 Å². The van der Waals surface area contributed by atoms with Crippen molar-refractivity contribution < 1.29 is 17.9 Å². The number of benzene rings is 1. The van der Waals surface area contributed by atoms with Gasteiger partial charge in [-0.1, -0.05) is 6.07 Å². The first-order chi connectivity index (χ1) is 13.6. The number of hydrogen-bond donors (Lipinski definition) is 1. The second kappa shape index (κ2) is 8.74. The molecule has 1 aromatic rings. The lowest BCUT2D eigenvalue weighted by Gasteiger charge is -2.32. The van der Waals surface area contributed by atoms with Crippen molar-refractivity contribution >= 4 is 15.9 Å². The first kappa shape index (κ1) is 22.2. The molecular weight excluding hydrogens is 388 g/mol. The molecule has 0 aromatic heterocycles. The van der Waals surface area contributed by atoms with Gasteiger partial charge in [0.15, 0.2) is 0 Å². The zero-order valence-electron chi connectivity index (χ0n) is 18.2. The third-order valence-corrected chi connectivity index (χ3v) is 8.79. The fourth-order valence-electron chi connectivity index (χ4n) is 4.49. The van der Waals surface area contributed by atoms with E-state index in [1.807, 2.05) is 40.7 Å². The van der Waals surface area contributed by atoms with E-state index < -0.39 is 10.0 Å². The van der Waals surface area contributed by atoms with Crippen LogP contribution in [0.5, 0.6) is 0 Å². The van der Waals surface area contributed by atoms with Crippen LogP contribution in [-0.4, -0.2) is 50.5 Å². The largest absolute Gasteiger partial charge is 0.376 e. The smallest absolute Gasteiger partial charge is 0.243 e. The van der Waals surface area contributed by atoms with Gasteiger partial charge in [-0.15, -0.1) is 0 Å². The SMILES string of the molecule is Cc1cc(C)c(C)c(S(=O)(=O)N2CCC(C(=O)NC(C)C3CCCO3)CC2)c1C. The van der Waals surface area contributed by atoms with Crippen LogP contribution < -0.4 is 5.32 Å². The molecule has 0 radical (unpaired) electrons. The summed E-state index contributed by atoms with van der Waals surface area (Å²) in [5.74, 6) is -0.129. The Labute approximate surface area is 175 Å². The standard InChI is InChI=1S/C22H34N2O4S/c1-14-13-15(2)17(4)21(16(14)3)29(26,27)24-10-8-19(9-11-24)22(25)23-18(5)20-7-6-12-28-20/h13,18-20H,6-12H2,1-5H3,(H,23,25). The van der Waals surface area contributed by atoms with Gasteiger partial charge in [0, 0.05) is 25.6 Å². The predicted molar refractivity (Wildman–Crippen MR) is 113 cm³/mol. The van der Waals surface area contributed by atoms with E-state index in [-0.39, 0.29) is 24.0 Å². The average Bonchev–Trinajstić information content (AvgIpc) is 3.21. The maximum atomic E-state index is 13.4. The van der Waals surface area contributed by atoms with Crippen molar-refractivity contribution in [2.45, 2.75) is 77.3 Å². The Kier molecular flexibility index (Phi) is 6.70. The number of hydrogen-bond acceptors (Lipinski definition) is 4. The number of carbonyl (C=O) groups is 1. The van der Waals surface area contributed by atoms with Gasteiger partial charge in [0.2, 0.25) is 15.9 Å². The van der Waals surface area contributed by atoms with Crippen molar-refractivity contribution in [2.24, 2.45) is 5.92 Å². The van der Waals surface area contributed by atoms with Gasteiger partial charge in [0.05, 0.1) is 17.0 Å². The van der Waals surface area contributed by atoms with Gasteiger partial charge in [-0.05, 0) is 82.6 Å². The Balaban J connectivity index is 1.66. The molecule has 1 N–H and O–H groups in total. The molecule has 0 aliphatic carbocycles. The molecule has 1 amide bonds. The lowest BCUT2D eigenvalue weighted by atomic mass is 9.96. The summed E-state index contributed by atoms with van der Waals surface area (Å²) in [6.07, 6.45) is 3.21. The molecule has 6 nitrogen and oxygen atoms in total. The molecule has 0 bridgehead atoms. The summed E-state index contributed by atoms with van der Waals surface area (Å²) in [6, 6.07) is 2.03. The lowest BCUT2D eigenvalue weighted by molar-refractivity contribution is -0.127. The van der Waals surface area contributed by atoms with E-state index >= 15 is 0 Å². The lowest BCUT2D eigenvalue weighted by Crippen LogP contribution is -2.47.